The van der Waals surface area contributed by atoms with Gasteiger partial charge in [-0.15, -0.1) is 11.3 Å². The molecule has 1 amide bonds. The molecule has 1 unspecified atom stereocenters. The number of benzene rings is 2. The molecule has 0 radical (unpaired) electrons. The van der Waals surface area contributed by atoms with Gasteiger partial charge in [-0.1, -0.05) is 41.4 Å². The summed E-state index contributed by atoms with van der Waals surface area (Å²) in [6.45, 7) is 2.40. The number of ether oxygens (including phenoxy) is 3. The summed E-state index contributed by atoms with van der Waals surface area (Å²) in [4.78, 5) is 30.6. The van der Waals surface area contributed by atoms with Gasteiger partial charge in [0.25, 0.3) is 0 Å². The average Bonchev–Trinajstić information content (AvgIpc) is 3.51. The van der Waals surface area contributed by atoms with E-state index in [0.29, 0.717) is 44.3 Å². The molecule has 10 nitrogen and oxygen atoms in total. The Morgan fingerprint density at radius 1 is 1.08 bits per heavy atom. The lowest BCUT2D eigenvalue weighted by atomic mass is 9.85. The number of para-hydroxylation sites is 1. The molecule has 14 heteroatoms. The standard InChI is InChI=1S/C35H34Cl2FN3O7S/c1-46-30-8-7-21(13-31(30)47-2)23(15-25-26(36)17-40(45)18-27(25)37)24-14-22(49-33(24)34(42)43)16-41(29-6-4-3-5-28(29)38)35(44)48-32-19-39-11-9-20(32)10-12-39/h3-8,13-14,17-18,20,23,32H,9-12,15-16,19H2,1-2H3,(H,42,43)/t23?,32-/m1/s1. The number of carboxylic acid groups (broad SMARTS) is 1. The number of thiophene rings is 1. The van der Waals surface area contributed by atoms with Gasteiger partial charge >= 0.3 is 12.1 Å². The highest BCUT2D eigenvalue weighted by Crippen LogP contribution is 2.41. The Morgan fingerprint density at radius 3 is 2.39 bits per heavy atom. The molecule has 4 aromatic rings. The summed E-state index contributed by atoms with van der Waals surface area (Å²) in [5, 5.41) is 22.7. The topological polar surface area (TPSA) is 115 Å². The quantitative estimate of drug-likeness (QED) is 0.128. The third-order valence-electron chi connectivity index (χ3n) is 9.18. The zero-order valence-corrected chi connectivity index (χ0v) is 29.1. The highest BCUT2D eigenvalue weighted by molar-refractivity contribution is 7.14. The predicted molar refractivity (Wildman–Crippen MR) is 184 cm³/mol. The van der Waals surface area contributed by atoms with E-state index in [1.54, 1.807) is 30.3 Å². The molecule has 49 heavy (non-hydrogen) atoms. The number of methoxy groups -OCH3 is 2. The number of carbonyl (C=O) groups excluding carboxylic acids is 1. The van der Waals surface area contributed by atoms with Crippen molar-refractivity contribution in [3.05, 3.63) is 108 Å². The second-order valence-corrected chi connectivity index (χ2v) is 14.0. The van der Waals surface area contributed by atoms with Crippen LogP contribution in [0.15, 0.2) is 60.9 Å². The molecule has 1 N–H and O–H groups in total. The molecule has 0 spiro atoms. The average molecular weight is 731 g/mol. The number of amides is 1. The number of fused-ring (bicyclic) bond motifs is 3. The number of hydrogen-bond acceptors (Lipinski definition) is 8. The number of hydrogen-bond donors (Lipinski definition) is 1. The minimum atomic E-state index is -1.19. The second kappa shape index (κ2) is 14.8. The van der Waals surface area contributed by atoms with E-state index in [9.17, 15) is 19.9 Å². The molecule has 2 bridgehead atoms. The summed E-state index contributed by atoms with van der Waals surface area (Å²) in [5.74, 6) is -1.34. The van der Waals surface area contributed by atoms with Crippen molar-refractivity contribution < 1.29 is 38.0 Å². The van der Waals surface area contributed by atoms with Crippen LogP contribution in [0, 0.1) is 16.9 Å². The van der Waals surface area contributed by atoms with Crippen molar-refractivity contribution in [1.29, 1.82) is 0 Å². The Bertz CT molecular complexity index is 1840. The SMILES string of the molecule is COc1ccc(C(Cc2c(Cl)c[n+]([O-])cc2Cl)c2cc(CN(C(=O)O[C@@H]3CN4CCC3CC4)c3ccccc3F)sc2C(=O)O)cc1OC. The van der Waals surface area contributed by atoms with Crippen LogP contribution >= 0.6 is 34.5 Å². The number of aromatic nitrogens is 1. The van der Waals surface area contributed by atoms with Crippen LogP contribution in [-0.2, 0) is 17.7 Å². The van der Waals surface area contributed by atoms with Crippen molar-refractivity contribution in [3.63, 3.8) is 0 Å². The fraction of sp³-hybridized carbons (Fsp3) is 0.343. The van der Waals surface area contributed by atoms with Crippen molar-refractivity contribution >= 4 is 52.3 Å². The zero-order chi connectivity index (χ0) is 34.8. The Morgan fingerprint density at radius 2 is 1.78 bits per heavy atom. The van der Waals surface area contributed by atoms with Gasteiger partial charge in [-0.25, -0.2) is 14.0 Å². The summed E-state index contributed by atoms with van der Waals surface area (Å²) in [6, 6.07) is 12.8. The van der Waals surface area contributed by atoms with Gasteiger partial charge in [-0.2, -0.15) is 4.73 Å². The first-order chi connectivity index (χ1) is 23.6. The fourth-order valence-corrected chi connectivity index (χ4v) is 8.33. The van der Waals surface area contributed by atoms with E-state index in [4.69, 9.17) is 37.4 Å². The first-order valence-corrected chi connectivity index (χ1v) is 17.2. The largest absolute Gasteiger partial charge is 0.619 e. The van der Waals surface area contributed by atoms with Gasteiger partial charge in [-0.05, 0) is 79.7 Å². The third kappa shape index (κ3) is 7.42. The van der Waals surface area contributed by atoms with Crippen LogP contribution in [0.25, 0.3) is 0 Å². The molecule has 5 heterocycles. The maximum absolute atomic E-state index is 15.3. The van der Waals surface area contributed by atoms with Crippen molar-refractivity contribution in [1.82, 2.24) is 4.90 Å². The number of anilines is 1. The molecule has 3 saturated heterocycles. The van der Waals surface area contributed by atoms with Crippen molar-refractivity contribution in [2.75, 3.05) is 38.8 Å². The van der Waals surface area contributed by atoms with Crippen LogP contribution in [0.4, 0.5) is 14.9 Å². The first kappa shape index (κ1) is 34.8. The molecule has 7 rings (SSSR count). The van der Waals surface area contributed by atoms with E-state index in [0.717, 1.165) is 37.3 Å². The summed E-state index contributed by atoms with van der Waals surface area (Å²) in [5.41, 5.74) is 1.52. The van der Waals surface area contributed by atoms with Gasteiger partial charge < -0.3 is 24.5 Å². The number of rotatable bonds is 11. The monoisotopic (exact) mass is 729 g/mol. The van der Waals surface area contributed by atoms with Crippen LogP contribution < -0.4 is 19.1 Å². The minimum absolute atomic E-state index is 0.0103. The number of piperidine rings is 3. The van der Waals surface area contributed by atoms with Crippen LogP contribution in [0.5, 0.6) is 11.5 Å². The number of aromatic carboxylic acids is 1. The molecule has 3 aliphatic heterocycles. The molecule has 3 fully saturated rings. The summed E-state index contributed by atoms with van der Waals surface area (Å²) < 4.78 is 32.7. The van der Waals surface area contributed by atoms with E-state index in [1.807, 2.05) is 0 Å². The third-order valence-corrected chi connectivity index (χ3v) is 11.0. The number of carboxylic acids is 1. The van der Waals surface area contributed by atoms with Gasteiger partial charge in [0, 0.05) is 22.9 Å². The van der Waals surface area contributed by atoms with Gasteiger partial charge in [0.1, 0.15) is 26.8 Å². The van der Waals surface area contributed by atoms with Crippen LogP contribution in [0.2, 0.25) is 10.0 Å². The highest BCUT2D eigenvalue weighted by Gasteiger charge is 2.38. The van der Waals surface area contributed by atoms with Crippen molar-refractivity contribution in [3.8, 4) is 11.5 Å². The molecule has 2 aromatic heterocycles. The van der Waals surface area contributed by atoms with Crippen LogP contribution in [0.3, 0.4) is 0 Å². The summed E-state index contributed by atoms with van der Waals surface area (Å²) >= 11 is 14.0. The highest BCUT2D eigenvalue weighted by atomic mass is 35.5. The van der Waals surface area contributed by atoms with Crippen molar-refractivity contribution in [2.24, 2.45) is 5.92 Å². The Labute approximate surface area is 296 Å². The number of halogens is 3. The molecular weight excluding hydrogens is 696 g/mol. The predicted octanol–water partition coefficient (Wildman–Crippen LogP) is 7.15. The Hall–Kier alpha value is -4.10. The van der Waals surface area contributed by atoms with Gasteiger partial charge in [0.15, 0.2) is 23.9 Å². The van der Waals surface area contributed by atoms with Gasteiger partial charge in [0.2, 0.25) is 0 Å². The summed E-state index contributed by atoms with van der Waals surface area (Å²) in [7, 11) is 3.00. The lowest BCUT2D eigenvalue weighted by Gasteiger charge is -2.44. The number of carbonyl (C=O) groups is 2. The molecule has 2 aromatic carbocycles. The Kier molecular flexibility index (Phi) is 10.5. The first-order valence-electron chi connectivity index (χ1n) is 15.7. The number of nitrogens with zero attached hydrogens (tertiary/aromatic N) is 3. The maximum atomic E-state index is 15.3. The van der Waals surface area contributed by atoms with Gasteiger partial charge in [0.05, 0.1) is 26.5 Å². The second-order valence-electron chi connectivity index (χ2n) is 12.1. The maximum Gasteiger partial charge on any atom is 0.415 e. The van der Waals surface area contributed by atoms with E-state index in [-0.39, 0.29) is 45.6 Å². The van der Waals surface area contributed by atoms with E-state index in [1.165, 1.54) is 49.7 Å². The number of pyridine rings is 1. The lowest BCUT2D eigenvalue weighted by Crippen LogP contribution is -2.53. The minimum Gasteiger partial charge on any atom is -0.619 e. The normalized spacial score (nSPS) is 18.9. The molecule has 2 atom stereocenters. The van der Waals surface area contributed by atoms with Gasteiger partial charge in [-0.3, -0.25) is 9.80 Å². The molecule has 258 valence electrons. The van der Waals surface area contributed by atoms with E-state index >= 15 is 4.39 Å². The molecule has 0 aliphatic carbocycles. The van der Waals surface area contributed by atoms with Crippen molar-refractivity contribution in [2.45, 2.75) is 37.8 Å². The van der Waals surface area contributed by atoms with Crippen LogP contribution in [-0.4, -0.2) is 62.0 Å². The molecular formula is C35H34Cl2FN3O7S. The van der Waals surface area contributed by atoms with Crippen LogP contribution in [0.1, 0.15) is 50.0 Å². The van der Waals surface area contributed by atoms with E-state index in [2.05, 4.69) is 4.90 Å². The Balaban J connectivity index is 1.41. The van der Waals surface area contributed by atoms with E-state index < -0.39 is 23.8 Å². The fourth-order valence-electron chi connectivity index (χ4n) is 6.68. The molecule has 3 aliphatic rings. The molecule has 0 saturated carbocycles. The summed E-state index contributed by atoms with van der Waals surface area (Å²) in [6.07, 6.45) is 3.30. The zero-order valence-electron chi connectivity index (χ0n) is 26.7. The smallest absolute Gasteiger partial charge is 0.415 e. The lowest BCUT2D eigenvalue weighted by molar-refractivity contribution is -0.605.